The van der Waals surface area contributed by atoms with Gasteiger partial charge in [0.15, 0.2) is 5.82 Å². The summed E-state index contributed by atoms with van der Waals surface area (Å²) in [5, 5.41) is 19.1. The summed E-state index contributed by atoms with van der Waals surface area (Å²) in [5.41, 5.74) is 9.12. The number of nitrogens with zero attached hydrogens (tertiary/aromatic N) is 7. The number of pyridine rings is 1. The lowest BCUT2D eigenvalue weighted by atomic mass is 10.1. The Hall–Kier alpha value is -4.62. The van der Waals surface area contributed by atoms with Crippen molar-refractivity contribution >= 4 is 22.6 Å². The standard InChI is InChI=1S/C24H22N8O2/c1-14(10-17(26)12-25)28-23-18(15(2)33)5-7-22(30-23)32-13-27-20-11-16(4-6-21(20)32)19-8-9-31(3)24(34)29-19/h4-11,13,15,33H,26H2,1-3H3. The van der Waals surface area contributed by atoms with Gasteiger partial charge >= 0.3 is 5.69 Å². The molecule has 0 bridgehead atoms. The van der Waals surface area contributed by atoms with E-state index in [4.69, 9.17) is 11.0 Å². The van der Waals surface area contributed by atoms with Gasteiger partial charge < -0.3 is 15.4 Å². The highest BCUT2D eigenvalue weighted by Gasteiger charge is 2.14. The van der Waals surface area contributed by atoms with Gasteiger partial charge in [0, 0.05) is 30.1 Å². The van der Waals surface area contributed by atoms with Crippen LogP contribution >= 0.6 is 0 Å². The van der Waals surface area contributed by atoms with Gasteiger partial charge in [0.1, 0.15) is 23.9 Å². The molecule has 0 spiro atoms. The van der Waals surface area contributed by atoms with Crippen LogP contribution in [-0.4, -0.2) is 34.9 Å². The highest BCUT2D eigenvalue weighted by Crippen LogP contribution is 2.28. The fourth-order valence-electron chi connectivity index (χ4n) is 3.44. The highest BCUT2D eigenvalue weighted by atomic mass is 16.3. The Morgan fingerprint density at radius 2 is 2.06 bits per heavy atom. The summed E-state index contributed by atoms with van der Waals surface area (Å²) in [4.78, 5) is 29.6. The van der Waals surface area contributed by atoms with Crippen LogP contribution in [-0.2, 0) is 7.05 Å². The Labute approximate surface area is 195 Å². The van der Waals surface area contributed by atoms with Crippen molar-refractivity contribution in [2.75, 3.05) is 0 Å². The molecule has 1 unspecified atom stereocenters. The maximum atomic E-state index is 11.9. The minimum atomic E-state index is -0.793. The third-order valence-corrected chi connectivity index (χ3v) is 5.18. The lowest BCUT2D eigenvalue weighted by molar-refractivity contribution is 0.199. The molecule has 34 heavy (non-hydrogen) atoms. The van der Waals surface area contributed by atoms with Gasteiger partial charge in [-0.05, 0) is 50.3 Å². The van der Waals surface area contributed by atoms with E-state index >= 15 is 0 Å². The van der Waals surface area contributed by atoms with Gasteiger partial charge in [-0.2, -0.15) is 10.2 Å². The molecule has 10 heteroatoms. The summed E-state index contributed by atoms with van der Waals surface area (Å²) < 4.78 is 3.21. The molecule has 0 saturated carbocycles. The quantitative estimate of drug-likeness (QED) is 0.348. The summed E-state index contributed by atoms with van der Waals surface area (Å²) >= 11 is 0. The molecule has 3 N–H and O–H groups in total. The van der Waals surface area contributed by atoms with Crippen LogP contribution in [0.5, 0.6) is 0 Å². The number of hydrogen-bond donors (Lipinski definition) is 2. The Kier molecular flexibility index (Phi) is 6.03. The number of aliphatic hydroxyl groups excluding tert-OH is 1. The minimum Gasteiger partial charge on any atom is -0.390 e. The Morgan fingerprint density at radius 3 is 2.76 bits per heavy atom. The molecule has 0 fully saturated rings. The van der Waals surface area contributed by atoms with Gasteiger partial charge in [-0.3, -0.25) is 4.57 Å². The molecule has 170 valence electrons. The number of nitriles is 1. The Morgan fingerprint density at radius 1 is 1.26 bits per heavy atom. The van der Waals surface area contributed by atoms with Crippen molar-refractivity contribution in [3.63, 3.8) is 0 Å². The molecule has 10 nitrogen and oxygen atoms in total. The number of aromatic nitrogens is 5. The van der Waals surface area contributed by atoms with E-state index in [0.717, 1.165) is 11.1 Å². The molecule has 1 aromatic carbocycles. The predicted molar refractivity (Wildman–Crippen MR) is 129 cm³/mol. The minimum absolute atomic E-state index is 0.0261. The van der Waals surface area contributed by atoms with Crippen LogP contribution < -0.4 is 11.4 Å². The first-order valence-corrected chi connectivity index (χ1v) is 10.4. The zero-order valence-electron chi connectivity index (χ0n) is 18.8. The first-order valence-electron chi connectivity index (χ1n) is 10.4. The lowest BCUT2D eigenvalue weighted by Crippen LogP contribution is -2.19. The van der Waals surface area contributed by atoms with Crippen LogP contribution in [0.1, 0.15) is 25.5 Å². The molecule has 3 aromatic heterocycles. The maximum Gasteiger partial charge on any atom is 0.347 e. The van der Waals surface area contributed by atoms with Gasteiger partial charge in [-0.25, -0.2) is 19.8 Å². The normalized spacial score (nSPS) is 13.1. The molecule has 4 rings (SSSR count). The Balaban J connectivity index is 1.78. The predicted octanol–water partition coefficient (Wildman–Crippen LogP) is 2.69. The van der Waals surface area contributed by atoms with Crippen LogP contribution in [0.2, 0.25) is 0 Å². The number of aliphatic imine (C=N–C) groups is 1. The highest BCUT2D eigenvalue weighted by molar-refractivity contribution is 5.95. The summed E-state index contributed by atoms with van der Waals surface area (Å²) in [5.74, 6) is 0.866. The van der Waals surface area contributed by atoms with Crippen molar-refractivity contribution in [3.05, 3.63) is 76.7 Å². The first kappa shape index (κ1) is 22.6. The average molecular weight is 454 g/mol. The van der Waals surface area contributed by atoms with Crippen LogP contribution in [0, 0.1) is 11.3 Å². The molecule has 1 atom stereocenters. The van der Waals surface area contributed by atoms with Gasteiger partial charge in [0.2, 0.25) is 0 Å². The second-order valence-electron chi connectivity index (χ2n) is 7.75. The van der Waals surface area contributed by atoms with Gasteiger partial charge in [0.25, 0.3) is 0 Å². The number of imidazole rings is 1. The van der Waals surface area contributed by atoms with Crippen LogP contribution in [0.15, 0.2) is 70.5 Å². The van der Waals surface area contributed by atoms with Crippen molar-refractivity contribution < 1.29 is 5.11 Å². The number of aliphatic hydroxyl groups is 1. The smallest absolute Gasteiger partial charge is 0.347 e. The SMILES string of the molecule is CC(C=C(N)C#N)=Nc1nc(-n2cnc3cc(-c4ccn(C)c(=O)n4)ccc32)ccc1C(C)O. The molecule has 0 amide bonds. The second kappa shape index (κ2) is 9.09. The van der Waals surface area contributed by atoms with Crippen molar-refractivity contribution in [1.29, 1.82) is 5.26 Å². The largest absolute Gasteiger partial charge is 0.390 e. The summed E-state index contributed by atoms with van der Waals surface area (Å²) in [6.07, 6.45) is 3.96. The first-order chi connectivity index (χ1) is 16.3. The van der Waals surface area contributed by atoms with Crippen LogP contribution in [0.3, 0.4) is 0 Å². The molecule has 3 heterocycles. The number of nitrogens with two attached hydrogens (primary N) is 1. The van der Waals surface area contributed by atoms with E-state index in [9.17, 15) is 9.90 Å². The van der Waals surface area contributed by atoms with Crippen molar-refractivity contribution in [2.24, 2.45) is 17.8 Å². The van der Waals surface area contributed by atoms with Crippen molar-refractivity contribution in [2.45, 2.75) is 20.0 Å². The van der Waals surface area contributed by atoms with E-state index in [1.807, 2.05) is 24.3 Å². The van der Waals surface area contributed by atoms with E-state index in [-0.39, 0.29) is 11.4 Å². The monoisotopic (exact) mass is 454 g/mol. The third-order valence-electron chi connectivity index (χ3n) is 5.18. The topological polar surface area (TPSA) is 148 Å². The summed E-state index contributed by atoms with van der Waals surface area (Å²) in [6, 6.07) is 12.7. The van der Waals surface area contributed by atoms with E-state index in [1.54, 1.807) is 56.2 Å². The number of rotatable bonds is 5. The van der Waals surface area contributed by atoms with Crippen LogP contribution in [0.25, 0.3) is 28.1 Å². The molecule has 0 aliphatic heterocycles. The molecule has 0 radical (unpaired) electrons. The van der Waals surface area contributed by atoms with Gasteiger partial charge in [0.05, 0.1) is 22.8 Å². The number of hydrogen-bond acceptors (Lipinski definition) is 8. The maximum absolute atomic E-state index is 11.9. The van der Waals surface area contributed by atoms with E-state index in [1.165, 1.54) is 10.6 Å². The molecule has 0 aliphatic rings. The van der Waals surface area contributed by atoms with E-state index in [2.05, 4.69) is 19.9 Å². The fraction of sp³-hybridized carbons (Fsp3) is 0.167. The number of aryl methyl sites for hydroxylation is 1. The van der Waals surface area contributed by atoms with Gasteiger partial charge in [-0.15, -0.1) is 0 Å². The van der Waals surface area contributed by atoms with Crippen LogP contribution in [0.4, 0.5) is 5.82 Å². The number of allylic oxidation sites excluding steroid dienone is 2. The second-order valence-corrected chi connectivity index (χ2v) is 7.75. The molecule has 0 saturated heterocycles. The van der Waals surface area contributed by atoms with Gasteiger partial charge in [-0.1, -0.05) is 6.07 Å². The number of benzene rings is 1. The molecule has 0 aliphatic carbocycles. The van der Waals surface area contributed by atoms with E-state index < -0.39 is 6.10 Å². The zero-order valence-corrected chi connectivity index (χ0v) is 18.8. The fourth-order valence-corrected chi connectivity index (χ4v) is 3.44. The van der Waals surface area contributed by atoms with E-state index in [0.29, 0.717) is 34.1 Å². The molecule has 4 aromatic rings. The Bertz CT molecular complexity index is 1550. The number of fused-ring (bicyclic) bond motifs is 1. The summed E-state index contributed by atoms with van der Waals surface area (Å²) in [7, 11) is 1.65. The van der Waals surface area contributed by atoms with Crippen molar-refractivity contribution in [3.8, 4) is 23.1 Å². The third kappa shape index (κ3) is 4.46. The molecular formula is C24H22N8O2. The van der Waals surface area contributed by atoms with Crippen molar-refractivity contribution in [1.82, 2.24) is 24.1 Å². The average Bonchev–Trinajstić information content (AvgIpc) is 3.23. The zero-order chi connectivity index (χ0) is 24.4. The molecular weight excluding hydrogens is 432 g/mol. The summed E-state index contributed by atoms with van der Waals surface area (Å²) in [6.45, 7) is 3.33. The lowest BCUT2D eigenvalue weighted by Gasteiger charge is -2.11.